The Balaban J connectivity index is 1.82. The van der Waals surface area contributed by atoms with Crippen molar-refractivity contribution in [3.63, 3.8) is 0 Å². The van der Waals surface area contributed by atoms with Crippen LogP contribution >= 0.6 is 0 Å². The number of ether oxygens (including phenoxy) is 1. The third-order valence-electron chi connectivity index (χ3n) is 2.16. The molecular weight excluding hydrogens is 218 g/mol. The van der Waals surface area contributed by atoms with E-state index in [9.17, 15) is 4.79 Å². The summed E-state index contributed by atoms with van der Waals surface area (Å²) in [7, 11) is 0. The number of aromatic nitrogens is 2. The molecule has 5 heteroatoms. The molecule has 0 atom stereocenters. The van der Waals surface area contributed by atoms with Crippen molar-refractivity contribution >= 4 is 11.9 Å². The number of H-pyrrole nitrogens is 1. The van der Waals surface area contributed by atoms with Gasteiger partial charge in [0.2, 0.25) is 0 Å². The molecule has 1 aromatic carbocycles. The second kappa shape index (κ2) is 5.16. The van der Waals surface area contributed by atoms with Gasteiger partial charge in [-0.15, -0.1) is 0 Å². The van der Waals surface area contributed by atoms with Gasteiger partial charge in [-0.05, 0) is 12.5 Å². The molecule has 0 aliphatic carbocycles. The SMILES string of the molecule is Cc1cc(NC(=O)OCc2ccccc2)[nH]n1. The number of carbonyl (C=O) groups excluding carboxylic acids is 1. The molecule has 5 nitrogen and oxygen atoms in total. The van der Waals surface area contributed by atoms with Crippen LogP contribution in [-0.4, -0.2) is 16.3 Å². The number of hydrogen-bond donors (Lipinski definition) is 2. The summed E-state index contributed by atoms with van der Waals surface area (Å²) in [5.74, 6) is 0.528. The lowest BCUT2D eigenvalue weighted by Gasteiger charge is -2.04. The van der Waals surface area contributed by atoms with Crippen LogP contribution in [0.5, 0.6) is 0 Å². The molecule has 0 aliphatic rings. The summed E-state index contributed by atoms with van der Waals surface area (Å²) in [4.78, 5) is 11.4. The van der Waals surface area contributed by atoms with Crippen LogP contribution in [0, 0.1) is 6.92 Å². The van der Waals surface area contributed by atoms with Crippen LogP contribution in [0.25, 0.3) is 0 Å². The van der Waals surface area contributed by atoms with Crippen LogP contribution in [0.15, 0.2) is 36.4 Å². The molecule has 0 aliphatic heterocycles. The van der Waals surface area contributed by atoms with E-state index in [-0.39, 0.29) is 6.61 Å². The number of hydrogen-bond acceptors (Lipinski definition) is 3. The maximum absolute atomic E-state index is 11.4. The lowest BCUT2D eigenvalue weighted by molar-refractivity contribution is 0.155. The molecule has 0 radical (unpaired) electrons. The molecular formula is C12H13N3O2. The van der Waals surface area contributed by atoms with Crippen molar-refractivity contribution in [2.24, 2.45) is 0 Å². The van der Waals surface area contributed by atoms with E-state index in [4.69, 9.17) is 4.74 Å². The zero-order chi connectivity index (χ0) is 12.1. The van der Waals surface area contributed by atoms with Gasteiger partial charge in [-0.2, -0.15) is 5.10 Å². The van der Waals surface area contributed by atoms with Crippen LogP contribution in [0.2, 0.25) is 0 Å². The van der Waals surface area contributed by atoms with E-state index < -0.39 is 6.09 Å². The molecule has 0 spiro atoms. The Morgan fingerprint density at radius 1 is 1.41 bits per heavy atom. The fraction of sp³-hybridized carbons (Fsp3) is 0.167. The third kappa shape index (κ3) is 3.34. The summed E-state index contributed by atoms with van der Waals surface area (Å²) in [6, 6.07) is 11.2. The monoisotopic (exact) mass is 231 g/mol. The average Bonchev–Trinajstić information content (AvgIpc) is 2.73. The van der Waals surface area contributed by atoms with Gasteiger partial charge < -0.3 is 4.74 Å². The first-order valence-corrected chi connectivity index (χ1v) is 5.24. The highest BCUT2D eigenvalue weighted by molar-refractivity contribution is 5.83. The molecule has 0 saturated carbocycles. The lowest BCUT2D eigenvalue weighted by atomic mass is 10.2. The van der Waals surface area contributed by atoms with E-state index in [1.807, 2.05) is 37.3 Å². The Morgan fingerprint density at radius 2 is 2.18 bits per heavy atom. The minimum absolute atomic E-state index is 0.250. The van der Waals surface area contributed by atoms with Crippen LogP contribution in [-0.2, 0) is 11.3 Å². The number of anilines is 1. The number of carbonyl (C=O) groups is 1. The number of rotatable bonds is 3. The van der Waals surface area contributed by atoms with Gasteiger partial charge in [0.05, 0.1) is 5.69 Å². The highest BCUT2D eigenvalue weighted by atomic mass is 16.5. The third-order valence-corrected chi connectivity index (χ3v) is 2.16. The molecule has 2 rings (SSSR count). The van der Waals surface area contributed by atoms with Crippen LogP contribution in [0.3, 0.4) is 0 Å². The first-order valence-electron chi connectivity index (χ1n) is 5.24. The topological polar surface area (TPSA) is 67.0 Å². The predicted molar refractivity (Wildman–Crippen MR) is 63.6 cm³/mol. The molecule has 0 unspecified atom stereocenters. The van der Waals surface area contributed by atoms with Gasteiger partial charge in [-0.25, -0.2) is 4.79 Å². The molecule has 1 amide bonds. The van der Waals surface area contributed by atoms with Gasteiger partial charge in [0.25, 0.3) is 0 Å². The fourth-order valence-electron chi connectivity index (χ4n) is 1.36. The van der Waals surface area contributed by atoms with E-state index in [0.717, 1.165) is 11.3 Å². The number of nitrogens with zero attached hydrogens (tertiary/aromatic N) is 1. The van der Waals surface area contributed by atoms with Crippen molar-refractivity contribution < 1.29 is 9.53 Å². The molecule has 17 heavy (non-hydrogen) atoms. The van der Waals surface area contributed by atoms with Crippen LogP contribution in [0.4, 0.5) is 10.6 Å². The molecule has 1 heterocycles. The summed E-state index contributed by atoms with van der Waals surface area (Å²) in [5, 5.41) is 9.12. The van der Waals surface area contributed by atoms with Crippen LogP contribution in [0.1, 0.15) is 11.3 Å². The van der Waals surface area contributed by atoms with E-state index in [0.29, 0.717) is 5.82 Å². The summed E-state index contributed by atoms with van der Waals surface area (Å²) in [6.45, 7) is 2.08. The van der Waals surface area contributed by atoms with Crippen molar-refractivity contribution in [3.8, 4) is 0 Å². The highest BCUT2D eigenvalue weighted by Crippen LogP contribution is 2.05. The van der Waals surface area contributed by atoms with Crippen molar-refractivity contribution in [2.45, 2.75) is 13.5 Å². The van der Waals surface area contributed by atoms with Gasteiger partial charge in [-0.1, -0.05) is 30.3 Å². The number of nitrogens with one attached hydrogen (secondary N) is 2. The zero-order valence-electron chi connectivity index (χ0n) is 9.43. The quantitative estimate of drug-likeness (QED) is 0.852. The number of amides is 1. The Labute approximate surface area is 98.8 Å². The standard InChI is InChI=1S/C12H13N3O2/c1-9-7-11(15-14-9)13-12(16)17-8-10-5-3-2-4-6-10/h2-7H,8H2,1H3,(H2,13,14,15,16). The van der Waals surface area contributed by atoms with Crippen molar-refractivity contribution in [2.75, 3.05) is 5.32 Å². The van der Waals surface area contributed by atoms with E-state index in [2.05, 4.69) is 15.5 Å². The van der Waals surface area contributed by atoms with Gasteiger partial charge in [0.1, 0.15) is 12.4 Å². The predicted octanol–water partition coefficient (Wildman–Crippen LogP) is 2.47. The van der Waals surface area contributed by atoms with Gasteiger partial charge in [0, 0.05) is 6.07 Å². The van der Waals surface area contributed by atoms with Crippen molar-refractivity contribution in [3.05, 3.63) is 47.7 Å². The smallest absolute Gasteiger partial charge is 0.413 e. The second-order valence-electron chi connectivity index (χ2n) is 3.61. The maximum atomic E-state index is 11.4. The Bertz CT molecular complexity index is 493. The number of aromatic amines is 1. The van der Waals surface area contributed by atoms with Crippen LogP contribution < -0.4 is 5.32 Å². The average molecular weight is 231 g/mol. The molecule has 88 valence electrons. The lowest BCUT2D eigenvalue weighted by Crippen LogP contribution is -2.13. The molecule has 0 saturated heterocycles. The first-order chi connectivity index (χ1) is 8.24. The summed E-state index contributed by atoms with van der Waals surface area (Å²) >= 11 is 0. The Morgan fingerprint density at radius 3 is 2.82 bits per heavy atom. The Hall–Kier alpha value is -2.30. The summed E-state index contributed by atoms with van der Waals surface area (Å²) in [6.07, 6.45) is -0.502. The number of aryl methyl sites for hydroxylation is 1. The Kier molecular flexibility index (Phi) is 3.40. The largest absolute Gasteiger partial charge is 0.444 e. The normalized spacial score (nSPS) is 9.94. The number of benzene rings is 1. The van der Waals surface area contributed by atoms with Gasteiger partial charge >= 0.3 is 6.09 Å². The maximum Gasteiger partial charge on any atom is 0.413 e. The van der Waals surface area contributed by atoms with E-state index >= 15 is 0 Å². The fourth-order valence-corrected chi connectivity index (χ4v) is 1.36. The van der Waals surface area contributed by atoms with E-state index in [1.54, 1.807) is 6.07 Å². The first kappa shape index (κ1) is 11.2. The van der Waals surface area contributed by atoms with Gasteiger partial charge in [0.15, 0.2) is 0 Å². The molecule has 2 aromatic rings. The summed E-state index contributed by atoms with van der Waals surface area (Å²) < 4.78 is 5.04. The van der Waals surface area contributed by atoms with Crippen molar-refractivity contribution in [1.82, 2.24) is 10.2 Å². The van der Waals surface area contributed by atoms with E-state index in [1.165, 1.54) is 0 Å². The minimum Gasteiger partial charge on any atom is -0.444 e. The highest BCUT2D eigenvalue weighted by Gasteiger charge is 2.05. The molecule has 2 N–H and O–H groups in total. The second-order valence-corrected chi connectivity index (χ2v) is 3.61. The molecule has 0 fully saturated rings. The summed E-state index contributed by atoms with van der Waals surface area (Å²) in [5.41, 5.74) is 1.76. The van der Waals surface area contributed by atoms with Gasteiger partial charge in [-0.3, -0.25) is 10.4 Å². The minimum atomic E-state index is -0.502. The van der Waals surface area contributed by atoms with Crippen molar-refractivity contribution in [1.29, 1.82) is 0 Å². The molecule has 0 bridgehead atoms. The molecule has 1 aromatic heterocycles. The zero-order valence-corrected chi connectivity index (χ0v) is 9.43.